The first-order chi connectivity index (χ1) is 15.5. The number of amides is 1. The molecule has 32 heavy (non-hydrogen) atoms. The second-order valence-corrected chi connectivity index (χ2v) is 7.49. The molecule has 1 atom stereocenters. The Kier molecular flexibility index (Phi) is 7.89. The van der Waals surface area contributed by atoms with Gasteiger partial charge in [0.1, 0.15) is 17.3 Å². The minimum Gasteiger partial charge on any atom is -0.507 e. The van der Waals surface area contributed by atoms with Crippen LogP contribution in [0.1, 0.15) is 36.9 Å². The molecule has 1 fully saturated rings. The number of Topliss-reactive ketones (excluding diaryl/α,β-unsaturated/α-hetero) is 1. The lowest BCUT2D eigenvalue weighted by atomic mass is 9.95. The maximum Gasteiger partial charge on any atom is 0.295 e. The molecule has 1 saturated heterocycles. The molecule has 7 nitrogen and oxygen atoms in total. The second kappa shape index (κ2) is 10.8. The number of ketones is 1. The van der Waals surface area contributed by atoms with E-state index in [-0.39, 0.29) is 24.5 Å². The Morgan fingerprint density at radius 3 is 2.44 bits per heavy atom. The van der Waals surface area contributed by atoms with E-state index in [1.54, 1.807) is 24.3 Å². The third-order valence-electron chi connectivity index (χ3n) is 5.38. The van der Waals surface area contributed by atoms with Gasteiger partial charge in [0.2, 0.25) is 0 Å². The Hall–Kier alpha value is -3.32. The van der Waals surface area contributed by atoms with E-state index < -0.39 is 17.7 Å². The van der Waals surface area contributed by atoms with Crippen LogP contribution in [0, 0.1) is 0 Å². The number of ether oxygens (including phenoxy) is 3. The average molecular weight is 440 g/mol. The number of carbonyl (C=O) groups is 2. The van der Waals surface area contributed by atoms with Crippen molar-refractivity contribution in [3.8, 4) is 11.5 Å². The summed E-state index contributed by atoms with van der Waals surface area (Å²) < 4.78 is 16.1. The fourth-order valence-electron chi connectivity index (χ4n) is 3.65. The smallest absolute Gasteiger partial charge is 0.295 e. The Morgan fingerprint density at radius 1 is 1.03 bits per heavy atom. The lowest BCUT2D eigenvalue weighted by molar-refractivity contribution is -0.140. The number of methoxy groups -OCH3 is 2. The van der Waals surface area contributed by atoms with Gasteiger partial charge in [-0.15, -0.1) is 0 Å². The molecule has 0 spiro atoms. The van der Waals surface area contributed by atoms with Crippen LogP contribution < -0.4 is 9.47 Å². The molecule has 1 aliphatic heterocycles. The molecule has 0 radical (unpaired) electrons. The molecule has 1 amide bonds. The summed E-state index contributed by atoms with van der Waals surface area (Å²) in [5.74, 6) is -0.387. The maximum atomic E-state index is 13.0. The molecule has 1 aliphatic rings. The standard InChI is InChI=1S/C25H29NO6/c1-4-5-14-32-19-11-9-17(10-12-19)22-21(24(28)25(29)26(22)13-15-30-2)23(27)18-7-6-8-20(16-18)31-3/h6-12,16,22,27H,4-5,13-15H2,1-3H3/b23-21-. The van der Waals surface area contributed by atoms with Crippen LogP contribution in [-0.2, 0) is 14.3 Å². The fraction of sp³-hybridized carbons (Fsp3) is 0.360. The molecule has 170 valence electrons. The molecule has 7 heteroatoms. The fourth-order valence-corrected chi connectivity index (χ4v) is 3.65. The number of aliphatic hydroxyl groups excluding tert-OH is 1. The average Bonchev–Trinajstić information content (AvgIpc) is 3.07. The molecule has 1 N–H and O–H groups in total. The van der Waals surface area contributed by atoms with Crippen LogP contribution in [0.4, 0.5) is 0 Å². The molecule has 0 aromatic heterocycles. The largest absolute Gasteiger partial charge is 0.507 e. The molecular formula is C25H29NO6. The number of hydrogen-bond donors (Lipinski definition) is 1. The predicted molar refractivity (Wildman–Crippen MR) is 121 cm³/mol. The van der Waals surface area contributed by atoms with Gasteiger partial charge in [0.05, 0.1) is 31.9 Å². The van der Waals surface area contributed by atoms with Crippen molar-refractivity contribution in [2.45, 2.75) is 25.8 Å². The highest BCUT2D eigenvalue weighted by Gasteiger charge is 2.45. The van der Waals surface area contributed by atoms with Crippen molar-refractivity contribution >= 4 is 17.4 Å². The van der Waals surface area contributed by atoms with Crippen molar-refractivity contribution in [1.29, 1.82) is 0 Å². The molecule has 2 aromatic rings. The first-order valence-corrected chi connectivity index (χ1v) is 10.7. The Balaban J connectivity index is 2.03. The van der Waals surface area contributed by atoms with Gasteiger partial charge in [-0.05, 0) is 36.2 Å². The lowest BCUT2D eigenvalue weighted by Crippen LogP contribution is -2.32. The van der Waals surface area contributed by atoms with E-state index in [9.17, 15) is 14.7 Å². The first-order valence-electron chi connectivity index (χ1n) is 10.7. The van der Waals surface area contributed by atoms with Crippen LogP contribution in [-0.4, -0.2) is 55.7 Å². The predicted octanol–water partition coefficient (Wildman–Crippen LogP) is 3.94. The number of benzene rings is 2. The molecule has 1 heterocycles. The minimum atomic E-state index is -0.735. The number of aliphatic hydroxyl groups is 1. The monoisotopic (exact) mass is 439 g/mol. The lowest BCUT2D eigenvalue weighted by Gasteiger charge is -2.25. The summed E-state index contributed by atoms with van der Waals surface area (Å²) in [6, 6.07) is 13.3. The van der Waals surface area contributed by atoms with E-state index in [0.717, 1.165) is 12.8 Å². The quantitative estimate of drug-likeness (QED) is 0.261. The zero-order chi connectivity index (χ0) is 23.1. The van der Waals surface area contributed by atoms with E-state index in [1.807, 2.05) is 24.3 Å². The highest BCUT2D eigenvalue weighted by Crippen LogP contribution is 2.40. The highest BCUT2D eigenvalue weighted by atomic mass is 16.5. The van der Waals surface area contributed by atoms with Crippen molar-refractivity contribution in [3.63, 3.8) is 0 Å². The van der Waals surface area contributed by atoms with Gasteiger partial charge >= 0.3 is 0 Å². The Morgan fingerprint density at radius 2 is 1.78 bits per heavy atom. The van der Waals surface area contributed by atoms with Crippen LogP contribution in [0.25, 0.3) is 5.76 Å². The molecule has 1 unspecified atom stereocenters. The van der Waals surface area contributed by atoms with Crippen LogP contribution in [0.2, 0.25) is 0 Å². The zero-order valence-electron chi connectivity index (χ0n) is 18.7. The SMILES string of the molecule is CCCCOc1ccc(C2/C(=C(/O)c3cccc(OC)c3)C(=O)C(=O)N2CCOC)cc1. The summed E-state index contributed by atoms with van der Waals surface area (Å²) in [6.07, 6.45) is 2.00. The summed E-state index contributed by atoms with van der Waals surface area (Å²) >= 11 is 0. The molecule has 2 aromatic carbocycles. The Bertz CT molecular complexity index is 982. The molecule has 0 saturated carbocycles. The van der Waals surface area contributed by atoms with Gasteiger partial charge in [0.25, 0.3) is 11.7 Å². The van der Waals surface area contributed by atoms with Crippen LogP contribution >= 0.6 is 0 Å². The number of carbonyl (C=O) groups excluding carboxylic acids is 2. The topological polar surface area (TPSA) is 85.3 Å². The highest BCUT2D eigenvalue weighted by molar-refractivity contribution is 6.46. The summed E-state index contributed by atoms with van der Waals surface area (Å²) in [5.41, 5.74) is 1.14. The number of hydrogen-bond acceptors (Lipinski definition) is 6. The van der Waals surface area contributed by atoms with Crippen molar-refractivity contribution in [2.75, 3.05) is 34.0 Å². The van der Waals surface area contributed by atoms with Gasteiger partial charge in [-0.1, -0.05) is 37.6 Å². The van der Waals surface area contributed by atoms with Gasteiger partial charge in [-0.2, -0.15) is 0 Å². The van der Waals surface area contributed by atoms with Crippen LogP contribution in [0.3, 0.4) is 0 Å². The molecule has 3 rings (SSSR count). The van der Waals surface area contributed by atoms with Gasteiger partial charge < -0.3 is 24.2 Å². The van der Waals surface area contributed by atoms with Gasteiger partial charge in [-0.25, -0.2) is 0 Å². The van der Waals surface area contributed by atoms with Gasteiger partial charge in [0.15, 0.2) is 0 Å². The zero-order valence-corrected chi connectivity index (χ0v) is 18.7. The van der Waals surface area contributed by atoms with Crippen molar-refractivity contribution in [2.24, 2.45) is 0 Å². The molecule has 0 bridgehead atoms. The number of likely N-dealkylation sites (tertiary alicyclic amines) is 1. The van der Waals surface area contributed by atoms with E-state index in [1.165, 1.54) is 19.1 Å². The first kappa shape index (κ1) is 23.3. The number of unbranched alkanes of at least 4 members (excludes halogenated alkanes) is 1. The van der Waals surface area contributed by atoms with Crippen LogP contribution in [0.5, 0.6) is 11.5 Å². The van der Waals surface area contributed by atoms with E-state index >= 15 is 0 Å². The van der Waals surface area contributed by atoms with E-state index in [4.69, 9.17) is 14.2 Å². The minimum absolute atomic E-state index is 0.0407. The normalized spacial score (nSPS) is 17.6. The third kappa shape index (κ3) is 4.94. The summed E-state index contributed by atoms with van der Waals surface area (Å²) in [7, 11) is 3.05. The van der Waals surface area contributed by atoms with Crippen molar-refractivity contribution < 1.29 is 28.9 Å². The maximum absolute atomic E-state index is 13.0. The van der Waals surface area contributed by atoms with E-state index in [0.29, 0.717) is 29.2 Å². The summed E-state index contributed by atoms with van der Waals surface area (Å²) in [4.78, 5) is 27.2. The van der Waals surface area contributed by atoms with Gasteiger partial charge in [0, 0.05) is 19.2 Å². The molecule has 0 aliphatic carbocycles. The summed E-state index contributed by atoms with van der Waals surface area (Å²) in [6.45, 7) is 3.20. The number of nitrogens with zero attached hydrogens (tertiary/aromatic N) is 1. The van der Waals surface area contributed by atoms with Crippen molar-refractivity contribution in [3.05, 3.63) is 65.2 Å². The van der Waals surface area contributed by atoms with Crippen molar-refractivity contribution in [1.82, 2.24) is 4.90 Å². The van der Waals surface area contributed by atoms with E-state index in [2.05, 4.69) is 6.92 Å². The second-order valence-electron chi connectivity index (χ2n) is 7.49. The third-order valence-corrected chi connectivity index (χ3v) is 5.38. The Labute approximate surface area is 188 Å². The van der Waals surface area contributed by atoms with Gasteiger partial charge in [-0.3, -0.25) is 9.59 Å². The molecular weight excluding hydrogens is 410 g/mol. The summed E-state index contributed by atoms with van der Waals surface area (Å²) in [5, 5.41) is 11.1. The number of rotatable bonds is 10. The van der Waals surface area contributed by atoms with Crippen LogP contribution in [0.15, 0.2) is 54.1 Å².